The summed E-state index contributed by atoms with van der Waals surface area (Å²) in [7, 11) is 0. The summed E-state index contributed by atoms with van der Waals surface area (Å²) in [5, 5.41) is 2.24. The number of aromatic nitrogens is 2. The molecule has 1 aliphatic heterocycles. The number of amides is 4. The van der Waals surface area contributed by atoms with Crippen LogP contribution in [0.25, 0.3) is 11.8 Å². The molecule has 8 nitrogen and oxygen atoms in total. The lowest BCUT2D eigenvalue weighted by molar-refractivity contribution is -0.122. The van der Waals surface area contributed by atoms with E-state index >= 15 is 0 Å². The van der Waals surface area contributed by atoms with Gasteiger partial charge in [-0.1, -0.05) is 28.1 Å². The van der Waals surface area contributed by atoms with Crippen molar-refractivity contribution in [2.24, 2.45) is 0 Å². The lowest BCUT2D eigenvalue weighted by Gasteiger charge is -2.26. The zero-order chi connectivity index (χ0) is 26.8. The Morgan fingerprint density at radius 1 is 0.974 bits per heavy atom. The van der Waals surface area contributed by atoms with Gasteiger partial charge in [0.25, 0.3) is 11.8 Å². The molecule has 3 heterocycles. The fourth-order valence-corrected chi connectivity index (χ4v) is 4.57. The van der Waals surface area contributed by atoms with Gasteiger partial charge in [-0.2, -0.15) is 0 Å². The first kappa shape index (κ1) is 25.2. The van der Waals surface area contributed by atoms with Gasteiger partial charge in [0.05, 0.1) is 11.9 Å². The van der Waals surface area contributed by atoms with E-state index in [1.165, 1.54) is 18.5 Å². The number of nitrogens with one attached hydrogen (secondary N) is 1. The number of halogens is 1. The van der Waals surface area contributed by atoms with Crippen LogP contribution in [0.4, 0.5) is 10.5 Å². The average molecular weight is 571 g/mol. The van der Waals surface area contributed by atoms with E-state index in [9.17, 15) is 14.4 Å². The number of hydrogen-bond acceptors (Lipinski definition) is 5. The topological polar surface area (TPSA) is 93.5 Å². The van der Waals surface area contributed by atoms with Gasteiger partial charge in [-0.3, -0.25) is 19.9 Å². The molecule has 0 bridgehead atoms. The third-order valence-electron chi connectivity index (χ3n) is 6.19. The normalized spacial score (nSPS) is 14.7. The molecule has 2 aromatic carbocycles. The number of benzene rings is 2. The van der Waals surface area contributed by atoms with Gasteiger partial charge < -0.3 is 9.30 Å². The van der Waals surface area contributed by atoms with Crippen molar-refractivity contribution in [3.8, 4) is 11.4 Å². The third kappa shape index (κ3) is 5.01. The van der Waals surface area contributed by atoms with Crippen LogP contribution in [0, 0.1) is 13.8 Å². The first-order chi connectivity index (χ1) is 18.3. The fourth-order valence-electron chi connectivity index (χ4n) is 4.30. The largest absolute Gasteiger partial charge is 0.489 e. The van der Waals surface area contributed by atoms with Crippen LogP contribution in [0.5, 0.6) is 5.75 Å². The van der Waals surface area contributed by atoms with Crippen molar-refractivity contribution in [1.82, 2.24) is 14.9 Å². The number of urea groups is 1. The van der Waals surface area contributed by atoms with Crippen molar-refractivity contribution < 1.29 is 19.1 Å². The van der Waals surface area contributed by atoms with Gasteiger partial charge in [-0.25, -0.2) is 9.69 Å². The molecular formula is C29H23BrN4O4. The van der Waals surface area contributed by atoms with Crippen LogP contribution >= 0.6 is 15.9 Å². The van der Waals surface area contributed by atoms with E-state index in [0.717, 1.165) is 37.8 Å². The predicted octanol–water partition coefficient (Wildman–Crippen LogP) is 5.50. The van der Waals surface area contributed by atoms with Crippen LogP contribution in [-0.4, -0.2) is 27.4 Å². The van der Waals surface area contributed by atoms with Gasteiger partial charge in [-0.05, 0) is 85.6 Å². The lowest BCUT2D eigenvalue weighted by atomic mass is 10.1. The highest BCUT2D eigenvalue weighted by atomic mass is 79.9. The lowest BCUT2D eigenvalue weighted by Crippen LogP contribution is -2.54. The Morgan fingerprint density at radius 2 is 1.71 bits per heavy atom. The fraction of sp³-hybridized carbons (Fsp3) is 0.103. The Kier molecular flexibility index (Phi) is 6.93. The third-order valence-corrected chi connectivity index (χ3v) is 6.72. The summed E-state index contributed by atoms with van der Waals surface area (Å²) in [4.78, 5) is 43.0. The van der Waals surface area contributed by atoms with Crippen LogP contribution in [0.1, 0.15) is 22.5 Å². The summed E-state index contributed by atoms with van der Waals surface area (Å²) in [6.07, 6.45) is 4.44. The molecule has 38 heavy (non-hydrogen) atoms. The smallest absolute Gasteiger partial charge is 0.336 e. The van der Waals surface area contributed by atoms with Gasteiger partial charge in [0, 0.05) is 27.7 Å². The van der Waals surface area contributed by atoms with Crippen molar-refractivity contribution in [3.63, 3.8) is 0 Å². The van der Waals surface area contributed by atoms with Crippen molar-refractivity contribution in [2.45, 2.75) is 20.5 Å². The second kappa shape index (κ2) is 10.5. The van der Waals surface area contributed by atoms with Crippen molar-refractivity contribution in [2.75, 3.05) is 4.90 Å². The number of imide groups is 2. The maximum Gasteiger partial charge on any atom is 0.336 e. The molecule has 0 saturated carbocycles. The first-order valence-corrected chi connectivity index (χ1v) is 12.6. The minimum Gasteiger partial charge on any atom is -0.489 e. The summed E-state index contributed by atoms with van der Waals surface area (Å²) >= 11 is 3.43. The Hall–Kier alpha value is -4.50. The summed E-state index contributed by atoms with van der Waals surface area (Å²) < 4.78 is 8.96. The molecule has 1 fully saturated rings. The van der Waals surface area contributed by atoms with Crippen LogP contribution in [0.15, 0.2) is 89.2 Å². The van der Waals surface area contributed by atoms with E-state index in [2.05, 4.69) is 26.2 Å². The van der Waals surface area contributed by atoms with Crippen molar-refractivity contribution >= 4 is 45.5 Å². The number of aryl methyl sites for hydroxylation is 1. The van der Waals surface area contributed by atoms with Crippen LogP contribution in [0.2, 0.25) is 0 Å². The van der Waals surface area contributed by atoms with E-state index < -0.39 is 17.8 Å². The average Bonchev–Trinajstić information content (AvgIpc) is 3.19. The Labute approximate surface area is 227 Å². The molecule has 190 valence electrons. The van der Waals surface area contributed by atoms with Gasteiger partial charge >= 0.3 is 6.03 Å². The van der Waals surface area contributed by atoms with E-state index in [1.807, 2.05) is 73.0 Å². The highest BCUT2D eigenvalue weighted by molar-refractivity contribution is 9.10. The van der Waals surface area contributed by atoms with Crippen molar-refractivity contribution in [1.29, 1.82) is 0 Å². The van der Waals surface area contributed by atoms with Crippen LogP contribution in [-0.2, 0) is 16.2 Å². The minimum absolute atomic E-state index is 0.134. The molecule has 9 heteroatoms. The molecule has 2 aromatic heterocycles. The number of ether oxygens (including phenoxy) is 1. The molecule has 1 N–H and O–H groups in total. The SMILES string of the molecule is Cc1cc(/C=C2\C(=O)NC(=O)N(c3cccnc3)C2=O)c(C)n1-c1ccc(OCc2ccc(Br)cc2)cc1. The molecule has 1 aliphatic rings. The number of pyridine rings is 1. The number of carbonyl (C=O) groups is 3. The number of anilines is 1. The maximum absolute atomic E-state index is 13.2. The molecule has 0 atom stereocenters. The van der Waals surface area contributed by atoms with Gasteiger partial charge in [0.1, 0.15) is 17.9 Å². The molecule has 1 saturated heterocycles. The van der Waals surface area contributed by atoms with E-state index in [-0.39, 0.29) is 11.3 Å². The molecule has 0 radical (unpaired) electrons. The van der Waals surface area contributed by atoms with E-state index in [1.54, 1.807) is 12.1 Å². The summed E-state index contributed by atoms with van der Waals surface area (Å²) in [5.41, 5.74) is 4.57. The molecule has 0 spiro atoms. The number of nitrogens with zero attached hydrogens (tertiary/aromatic N) is 3. The number of rotatable bonds is 6. The summed E-state index contributed by atoms with van der Waals surface area (Å²) in [5.74, 6) is -0.702. The number of hydrogen-bond donors (Lipinski definition) is 1. The molecule has 0 aliphatic carbocycles. The second-order valence-electron chi connectivity index (χ2n) is 8.74. The Bertz CT molecular complexity index is 1560. The van der Waals surface area contributed by atoms with Crippen LogP contribution in [0.3, 0.4) is 0 Å². The highest BCUT2D eigenvalue weighted by Gasteiger charge is 2.37. The zero-order valence-electron chi connectivity index (χ0n) is 20.6. The molecule has 0 unspecified atom stereocenters. The summed E-state index contributed by atoms with van der Waals surface area (Å²) in [6.45, 7) is 4.31. The number of carbonyl (C=O) groups excluding carboxylic acids is 3. The first-order valence-electron chi connectivity index (χ1n) is 11.8. The van der Waals surface area contributed by atoms with Gasteiger partial charge in [-0.15, -0.1) is 0 Å². The molecule has 5 rings (SSSR count). The Balaban J connectivity index is 1.39. The minimum atomic E-state index is -0.807. The summed E-state index contributed by atoms with van der Waals surface area (Å²) in [6, 6.07) is 20.0. The second-order valence-corrected chi connectivity index (χ2v) is 9.66. The molecule has 4 amide bonds. The van der Waals surface area contributed by atoms with E-state index in [0.29, 0.717) is 12.2 Å². The zero-order valence-corrected chi connectivity index (χ0v) is 22.2. The monoisotopic (exact) mass is 570 g/mol. The molecule has 4 aromatic rings. The van der Waals surface area contributed by atoms with Crippen molar-refractivity contribution in [3.05, 3.63) is 112 Å². The van der Waals surface area contributed by atoms with Crippen LogP contribution < -0.4 is 15.0 Å². The van der Waals surface area contributed by atoms with Gasteiger partial charge in [0.2, 0.25) is 0 Å². The maximum atomic E-state index is 13.2. The number of barbiturate groups is 1. The predicted molar refractivity (Wildman–Crippen MR) is 147 cm³/mol. The van der Waals surface area contributed by atoms with Gasteiger partial charge in [0.15, 0.2) is 0 Å². The highest BCUT2D eigenvalue weighted by Crippen LogP contribution is 2.27. The standard InChI is InChI=1S/C29H23BrN4O4/c1-18-14-21(15-26-27(35)32-29(37)34(28(26)36)24-4-3-13-31-16-24)19(2)33(18)23-9-11-25(12-10-23)38-17-20-5-7-22(30)8-6-20/h3-16H,17H2,1-2H3,(H,32,35,37)/b26-15+. The molecular weight excluding hydrogens is 548 g/mol. The quantitative estimate of drug-likeness (QED) is 0.244. The Morgan fingerprint density at radius 3 is 2.39 bits per heavy atom. The van der Waals surface area contributed by atoms with E-state index in [4.69, 9.17) is 4.74 Å².